The highest BCUT2D eigenvalue weighted by Gasteiger charge is 2.14. The van der Waals surface area contributed by atoms with Crippen LogP contribution in [0.25, 0.3) is 0 Å². The van der Waals surface area contributed by atoms with Crippen molar-refractivity contribution in [2.75, 3.05) is 4.90 Å². The van der Waals surface area contributed by atoms with E-state index in [1.165, 1.54) is 5.00 Å². The molecule has 19 heavy (non-hydrogen) atoms. The van der Waals surface area contributed by atoms with E-state index in [1.807, 2.05) is 12.1 Å². The van der Waals surface area contributed by atoms with Crippen molar-refractivity contribution < 1.29 is 0 Å². The molecule has 1 heterocycles. The first-order valence-electron chi connectivity index (χ1n) is 5.99. The molecule has 0 aliphatic carbocycles. The number of nitrogens with zero attached hydrogens (tertiary/aromatic N) is 1. The standard InChI is InChI=1S/C16H12BrNS/c17-14-9-4-5-10-15(14)18(16-11-6-12-19-16)13-7-2-1-3-8-13/h1-12H. The smallest absolute Gasteiger partial charge is 0.0999 e. The van der Waals surface area contributed by atoms with Gasteiger partial charge in [-0.2, -0.15) is 0 Å². The van der Waals surface area contributed by atoms with E-state index < -0.39 is 0 Å². The van der Waals surface area contributed by atoms with Crippen LogP contribution in [0.15, 0.2) is 76.6 Å². The molecule has 3 heteroatoms. The maximum Gasteiger partial charge on any atom is 0.0999 e. The first-order chi connectivity index (χ1) is 9.36. The number of anilines is 3. The molecule has 0 radical (unpaired) electrons. The van der Waals surface area contributed by atoms with E-state index in [0.717, 1.165) is 15.8 Å². The Morgan fingerprint density at radius 2 is 1.53 bits per heavy atom. The van der Waals surface area contributed by atoms with Gasteiger partial charge in [0, 0.05) is 10.2 Å². The molecular formula is C16H12BrNS. The van der Waals surface area contributed by atoms with Crippen molar-refractivity contribution in [2.24, 2.45) is 0 Å². The second-order valence-electron chi connectivity index (χ2n) is 4.07. The summed E-state index contributed by atoms with van der Waals surface area (Å²) in [6.07, 6.45) is 0. The predicted octanol–water partition coefficient (Wildman–Crippen LogP) is 5.98. The minimum atomic E-state index is 1.09. The molecular weight excluding hydrogens is 318 g/mol. The van der Waals surface area contributed by atoms with Gasteiger partial charge in [0.25, 0.3) is 0 Å². The van der Waals surface area contributed by atoms with Crippen LogP contribution in [-0.4, -0.2) is 0 Å². The lowest BCUT2D eigenvalue weighted by Crippen LogP contribution is -2.08. The molecule has 0 atom stereocenters. The highest BCUT2D eigenvalue weighted by Crippen LogP contribution is 2.40. The molecule has 2 aromatic carbocycles. The van der Waals surface area contributed by atoms with Crippen molar-refractivity contribution in [3.8, 4) is 0 Å². The molecule has 3 aromatic rings. The number of hydrogen-bond donors (Lipinski definition) is 0. The minimum Gasteiger partial charge on any atom is -0.301 e. The van der Waals surface area contributed by atoms with E-state index in [1.54, 1.807) is 11.3 Å². The monoisotopic (exact) mass is 329 g/mol. The summed E-state index contributed by atoms with van der Waals surface area (Å²) in [5, 5.41) is 3.31. The van der Waals surface area contributed by atoms with E-state index in [2.05, 4.69) is 80.8 Å². The molecule has 1 nitrogen and oxygen atoms in total. The second-order valence-corrected chi connectivity index (χ2v) is 5.85. The normalized spacial score (nSPS) is 10.4. The summed E-state index contributed by atoms with van der Waals surface area (Å²) in [5.74, 6) is 0. The summed E-state index contributed by atoms with van der Waals surface area (Å²) in [7, 11) is 0. The number of para-hydroxylation sites is 2. The summed E-state index contributed by atoms with van der Waals surface area (Å²) >= 11 is 5.38. The molecule has 1 aromatic heterocycles. The number of rotatable bonds is 3. The van der Waals surface area contributed by atoms with Gasteiger partial charge < -0.3 is 4.90 Å². The molecule has 0 unspecified atom stereocenters. The van der Waals surface area contributed by atoms with Gasteiger partial charge in [-0.3, -0.25) is 0 Å². The predicted molar refractivity (Wildman–Crippen MR) is 86.7 cm³/mol. The van der Waals surface area contributed by atoms with E-state index in [4.69, 9.17) is 0 Å². The first kappa shape index (κ1) is 12.5. The quantitative estimate of drug-likeness (QED) is 0.571. The summed E-state index contributed by atoms with van der Waals surface area (Å²) in [5.41, 5.74) is 2.31. The van der Waals surface area contributed by atoms with Crippen molar-refractivity contribution in [2.45, 2.75) is 0 Å². The highest BCUT2D eigenvalue weighted by molar-refractivity contribution is 9.10. The highest BCUT2D eigenvalue weighted by atomic mass is 79.9. The van der Waals surface area contributed by atoms with Crippen LogP contribution in [-0.2, 0) is 0 Å². The summed E-state index contributed by atoms with van der Waals surface area (Å²) in [4.78, 5) is 2.26. The van der Waals surface area contributed by atoms with E-state index in [-0.39, 0.29) is 0 Å². The van der Waals surface area contributed by atoms with Crippen molar-refractivity contribution in [1.82, 2.24) is 0 Å². The van der Waals surface area contributed by atoms with Crippen LogP contribution >= 0.6 is 27.3 Å². The molecule has 0 aliphatic heterocycles. The number of halogens is 1. The van der Waals surface area contributed by atoms with Crippen molar-refractivity contribution >= 4 is 43.6 Å². The van der Waals surface area contributed by atoms with Gasteiger partial charge in [0.1, 0.15) is 0 Å². The van der Waals surface area contributed by atoms with Crippen molar-refractivity contribution in [1.29, 1.82) is 0 Å². The van der Waals surface area contributed by atoms with Gasteiger partial charge in [0.2, 0.25) is 0 Å². The average molecular weight is 330 g/mol. The summed E-state index contributed by atoms with van der Waals surface area (Å²) < 4.78 is 1.09. The third kappa shape index (κ3) is 2.57. The molecule has 0 aliphatic rings. The lowest BCUT2D eigenvalue weighted by atomic mass is 10.2. The van der Waals surface area contributed by atoms with Crippen LogP contribution in [0.5, 0.6) is 0 Å². The molecule has 0 N–H and O–H groups in total. The van der Waals surface area contributed by atoms with Gasteiger partial charge in [-0.15, -0.1) is 11.3 Å². The SMILES string of the molecule is Brc1ccccc1N(c1ccccc1)c1cccs1. The van der Waals surface area contributed by atoms with Crippen LogP contribution in [0.2, 0.25) is 0 Å². The maximum atomic E-state index is 3.64. The van der Waals surface area contributed by atoms with Crippen molar-refractivity contribution in [3.05, 3.63) is 76.6 Å². The Morgan fingerprint density at radius 1 is 0.789 bits per heavy atom. The largest absolute Gasteiger partial charge is 0.301 e. The fourth-order valence-electron chi connectivity index (χ4n) is 1.99. The molecule has 0 bridgehead atoms. The number of benzene rings is 2. The zero-order valence-electron chi connectivity index (χ0n) is 10.2. The Kier molecular flexibility index (Phi) is 3.67. The number of thiophene rings is 1. The average Bonchev–Trinajstić information content (AvgIpc) is 2.96. The fraction of sp³-hybridized carbons (Fsp3) is 0. The van der Waals surface area contributed by atoms with Gasteiger partial charge in [-0.25, -0.2) is 0 Å². The lowest BCUT2D eigenvalue weighted by Gasteiger charge is -2.24. The Morgan fingerprint density at radius 3 is 2.21 bits per heavy atom. The number of hydrogen-bond acceptors (Lipinski definition) is 2. The zero-order chi connectivity index (χ0) is 13.1. The molecule has 0 saturated heterocycles. The Labute approximate surface area is 125 Å². The fourth-order valence-corrected chi connectivity index (χ4v) is 3.22. The first-order valence-corrected chi connectivity index (χ1v) is 7.67. The van der Waals surface area contributed by atoms with E-state index >= 15 is 0 Å². The van der Waals surface area contributed by atoms with Crippen LogP contribution in [0.1, 0.15) is 0 Å². The van der Waals surface area contributed by atoms with Crippen LogP contribution in [0.3, 0.4) is 0 Å². The minimum absolute atomic E-state index is 1.09. The maximum absolute atomic E-state index is 3.64. The summed E-state index contributed by atoms with van der Waals surface area (Å²) in [6, 6.07) is 22.9. The molecule has 0 amide bonds. The third-order valence-corrected chi connectivity index (χ3v) is 4.36. The van der Waals surface area contributed by atoms with Gasteiger partial charge >= 0.3 is 0 Å². The van der Waals surface area contributed by atoms with Gasteiger partial charge in [-0.1, -0.05) is 30.3 Å². The van der Waals surface area contributed by atoms with Crippen LogP contribution < -0.4 is 4.90 Å². The Balaban J connectivity index is 2.16. The Bertz CT molecular complexity index is 650. The molecule has 0 fully saturated rings. The topological polar surface area (TPSA) is 3.24 Å². The third-order valence-electron chi connectivity index (χ3n) is 2.83. The lowest BCUT2D eigenvalue weighted by molar-refractivity contribution is 1.30. The van der Waals surface area contributed by atoms with Gasteiger partial charge in [0.15, 0.2) is 0 Å². The molecule has 94 valence electrons. The zero-order valence-corrected chi connectivity index (χ0v) is 12.6. The molecule has 3 rings (SSSR count). The van der Waals surface area contributed by atoms with Crippen LogP contribution in [0.4, 0.5) is 16.4 Å². The second kappa shape index (κ2) is 5.59. The van der Waals surface area contributed by atoms with Gasteiger partial charge in [-0.05, 0) is 57.7 Å². The summed E-state index contributed by atoms with van der Waals surface area (Å²) in [6.45, 7) is 0. The van der Waals surface area contributed by atoms with Crippen LogP contribution in [0, 0.1) is 0 Å². The van der Waals surface area contributed by atoms with E-state index in [0.29, 0.717) is 0 Å². The molecule has 0 spiro atoms. The Hall–Kier alpha value is -1.58. The van der Waals surface area contributed by atoms with Gasteiger partial charge in [0.05, 0.1) is 10.7 Å². The molecule has 0 saturated carbocycles. The van der Waals surface area contributed by atoms with Crippen molar-refractivity contribution in [3.63, 3.8) is 0 Å². The van der Waals surface area contributed by atoms with E-state index in [9.17, 15) is 0 Å².